The molecule has 1 fully saturated rings. The highest BCUT2D eigenvalue weighted by Crippen LogP contribution is 2.22. The minimum absolute atomic E-state index is 0.160. The zero-order valence-electron chi connectivity index (χ0n) is 16.9. The molecule has 0 aromatic heterocycles. The van der Waals surface area contributed by atoms with Gasteiger partial charge in [0.15, 0.2) is 0 Å². The maximum Gasteiger partial charge on any atom is 0.240 e. The zero-order valence-corrected chi connectivity index (χ0v) is 16.9. The van der Waals surface area contributed by atoms with E-state index < -0.39 is 0 Å². The summed E-state index contributed by atoms with van der Waals surface area (Å²) in [4.78, 5) is 15.0. The van der Waals surface area contributed by atoms with Crippen LogP contribution < -0.4 is 5.32 Å². The molecule has 1 amide bonds. The Morgan fingerprint density at radius 1 is 0.963 bits per heavy atom. The number of nitrogens with one attached hydrogen (secondary N) is 1. The zero-order chi connectivity index (χ0) is 19.3. The average molecular weight is 365 g/mol. The van der Waals surface area contributed by atoms with Gasteiger partial charge in [0, 0.05) is 19.6 Å². The molecule has 0 bridgehead atoms. The minimum Gasteiger partial charge on any atom is -0.341 e. The van der Waals surface area contributed by atoms with Crippen molar-refractivity contribution in [3.8, 4) is 0 Å². The van der Waals surface area contributed by atoms with Crippen molar-refractivity contribution in [2.24, 2.45) is 0 Å². The molecule has 3 nitrogen and oxygen atoms in total. The summed E-state index contributed by atoms with van der Waals surface area (Å²) in [6.45, 7) is 9.18. The summed E-state index contributed by atoms with van der Waals surface area (Å²) < 4.78 is 0. The van der Waals surface area contributed by atoms with Crippen molar-refractivity contribution in [2.75, 3.05) is 13.1 Å². The quantitative estimate of drug-likeness (QED) is 0.828. The number of rotatable bonds is 6. The predicted octanol–water partition coefficient (Wildman–Crippen LogP) is 4.31. The van der Waals surface area contributed by atoms with Crippen LogP contribution in [0.1, 0.15) is 50.3 Å². The number of carbonyl (C=O) groups is 1. The van der Waals surface area contributed by atoms with Crippen LogP contribution in [-0.4, -0.2) is 29.9 Å². The SMILES string of the molecule is CC(C)(C)c1ccc(CNC(Cc2ccccc2)C(=O)N2CCCC2)cc1. The first-order valence-electron chi connectivity index (χ1n) is 10.1. The number of hydrogen-bond donors (Lipinski definition) is 1. The Labute approximate surface area is 163 Å². The van der Waals surface area contributed by atoms with Crippen LogP contribution in [-0.2, 0) is 23.2 Å². The van der Waals surface area contributed by atoms with E-state index in [0.717, 1.165) is 32.4 Å². The Kier molecular flexibility index (Phi) is 6.33. The fourth-order valence-corrected chi connectivity index (χ4v) is 3.62. The lowest BCUT2D eigenvalue weighted by Gasteiger charge is -2.25. The van der Waals surface area contributed by atoms with Gasteiger partial charge < -0.3 is 10.2 Å². The minimum atomic E-state index is -0.173. The van der Waals surface area contributed by atoms with Crippen LogP contribution in [0.2, 0.25) is 0 Å². The Balaban J connectivity index is 1.68. The summed E-state index contributed by atoms with van der Waals surface area (Å²) in [5, 5.41) is 3.53. The van der Waals surface area contributed by atoms with Gasteiger partial charge in [-0.25, -0.2) is 0 Å². The van der Waals surface area contributed by atoms with Gasteiger partial charge in [-0.3, -0.25) is 4.79 Å². The third-order valence-electron chi connectivity index (χ3n) is 5.37. The van der Waals surface area contributed by atoms with Gasteiger partial charge in [-0.05, 0) is 41.4 Å². The molecular weight excluding hydrogens is 332 g/mol. The van der Waals surface area contributed by atoms with Gasteiger partial charge in [0.05, 0.1) is 6.04 Å². The third-order valence-corrected chi connectivity index (χ3v) is 5.37. The van der Waals surface area contributed by atoms with Gasteiger partial charge >= 0.3 is 0 Å². The van der Waals surface area contributed by atoms with Crippen LogP contribution in [0.3, 0.4) is 0 Å². The third kappa shape index (κ3) is 5.43. The largest absolute Gasteiger partial charge is 0.341 e. The standard InChI is InChI=1S/C24H32N2O/c1-24(2,3)21-13-11-20(12-14-21)18-25-22(17-19-9-5-4-6-10-19)23(27)26-15-7-8-16-26/h4-6,9-14,22,25H,7-8,15-18H2,1-3H3. The highest BCUT2D eigenvalue weighted by molar-refractivity contribution is 5.82. The van der Waals surface area contributed by atoms with Gasteiger partial charge in [0.2, 0.25) is 5.91 Å². The number of hydrogen-bond acceptors (Lipinski definition) is 2. The van der Waals surface area contributed by atoms with Crippen molar-refractivity contribution in [2.45, 2.75) is 58.0 Å². The van der Waals surface area contributed by atoms with Gasteiger partial charge in [0.1, 0.15) is 0 Å². The Bertz CT molecular complexity index is 725. The molecule has 1 aliphatic rings. The molecule has 2 aromatic carbocycles. The van der Waals surface area contributed by atoms with E-state index in [-0.39, 0.29) is 17.4 Å². The van der Waals surface area contributed by atoms with Gasteiger partial charge in [-0.1, -0.05) is 75.4 Å². The van der Waals surface area contributed by atoms with E-state index in [4.69, 9.17) is 0 Å². The van der Waals surface area contributed by atoms with Crippen molar-refractivity contribution in [1.29, 1.82) is 0 Å². The number of nitrogens with zero attached hydrogens (tertiary/aromatic N) is 1. The number of likely N-dealkylation sites (tertiary alicyclic amines) is 1. The van der Waals surface area contributed by atoms with E-state index in [0.29, 0.717) is 6.54 Å². The van der Waals surface area contributed by atoms with E-state index >= 15 is 0 Å². The van der Waals surface area contributed by atoms with Crippen molar-refractivity contribution < 1.29 is 4.79 Å². The smallest absolute Gasteiger partial charge is 0.240 e. The molecule has 27 heavy (non-hydrogen) atoms. The summed E-state index contributed by atoms with van der Waals surface area (Å²) in [6.07, 6.45) is 2.98. The molecule has 1 atom stereocenters. The molecule has 1 N–H and O–H groups in total. The fourth-order valence-electron chi connectivity index (χ4n) is 3.62. The number of amides is 1. The summed E-state index contributed by atoms with van der Waals surface area (Å²) in [6, 6.07) is 18.9. The molecular formula is C24H32N2O. The Morgan fingerprint density at radius 2 is 1.59 bits per heavy atom. The molecule has 1 heterocycles. The maximum atomic E-state index is 13.0. The lowest BCUT2D eigenvalue weighted by Crippen LogP contribution is -2.46. The first-order valence-corrected chi connectivity index (χ1v) is 10.1. The van der Waals surface area contributed by atoms with Gasteiger partial charge in [0.25, 0.3) is 0 Å². The van der Waals surface area contributed by atoms with Crippen LogP contribution >= 0.6 is 0 Å². The van der Waals surface area contributed by atoms with Crippen LogP contribution in [0.15, 0.2) is 54.6 Å². The van der Waals surface area contributed by atoms with Crippen LogP contribution in [0.25, 0.3) is 0 Å². The van der Waals surface area contributed by atoms with Crippen LogP contribution in [0.5, 0.6) is 0 Å². The summed E-state index contributed by atoms with van der Waals surface area (Å²) >= 11 is 0. The summed E-state index contributed by atoms with van der Waals surface area (Å²) in [5.74, 6) is 0.239. The molecule has 1 aliphatic heterocycles. The van der Waals surface area contributed by atoms with Crippen LogP contribution in [0.4, 0.5) is 0 Å². The Hall–Kier alpha value is -2.13. The van der Waals surface area contributed by atoms with Crippen LogP contribution in [0, 0.1) is 0 Å². The highest BCUT2D eigenvalue weighted by atomic mass is 16.2. The topological polar surface area (TPSA) is 32.3 Å². The van der Waals surface area contributed by atoms with Crippen molar-refractivity contribution >= 4 is 5.91 Å². The predicted molar refractivity (Wildman–Crippen MR) is 112 cm³/mol. The lowest BCUT2D eigenvalue weighted by atomic mass is 9.87. The second-order valence-electron chi connectivity index (χ2n) is 8.60. The first kappa shape index (κ1) is 19.6. The molecule has 0 spiro atoms. The second-order valence-corrected chi connectivity index (χ2v) is 8.60. The molecule has 1 unspecified atom stereocenters. The molecule has 3 heteroatoms. The van der Waals surface area contributed by atoms with Crippen molar-refractivity contribution in [1.82, 2.24) is 10.2 Å². The van der Waals surface area contributed by atoms with E-state index in [1.54, 1.807) is 0 Å². The maximum absolute atomic E-state index is 13.0. The number of carbonyl (C=O) groups excluding carboxylic acids is 1. The first-order chi connectivity index (χ1) is 12.9. The number of benzene rings is 2. The van der Waals surface area contributed by atoms with E-state index in [9.17, 15) is 4.79 Å². The molecule has 1 saturated heterocycles. The van der Waals surface area contributed by atoms with E-state index in [1.807, 2.05) is 23.1 Å². The van der Waals surface area contributed by atoms with E-state index in [2.05, 4.69) is 62.5 Å². The molecule has 0 aliphatic carbocycles. The Morgan fingerprint density at radius 3 is 2.19 bits per heavy atom. The summed E-state index contributed by atoms with van der Waals surface area (Å²) in [5.41, 5.74) is 3.91. The highest BCUT2D eigenvalue weighted by Gasteiger charge is 2.26. The lowest BCUT2D eigenvalue weighted by molar-refractivity contribution is -0.132. The van der Waals surface area contributed by atoms with Gasteiger partial charge in [-0.2, -0.15) is 0 Å². The monoisotopic (exact) mass is 364 g/mol. The normalized spacial score (nSPS) is 15.7. The van der Waals surface area contributed by atoms with Crippen molar-refractivity contribution in [3.63, 3.8) is 0 Å². The average Bonchev–Trinajstić information content (AvgIpc) is 3.20. The fraction of sp³-hybridized carbons (Fsp3) is 0.458. The molecule has 144 valence electrons. The molecule has 0 saturated carbocycles. The van der Waals surface area contributed by atoms with Gasteiger partial charge in [-0.15, -0.1) is 0 Å². The second kappa shape index (κ2) is 8.71. The van der Waals surface area contributed by atoms with Crippen molar-refractivity contribution in [3.05, 3.63) is 71.3 Å². The molecule has 2 aromatic rings. The molecule has 3 rings (SSSR count). The summed E-state index contributed by atoms with van der Waals surface area (Å²) in [7, 11) is 0. The molecule has 0 radical (unpaired) electrons. The van der Waals surface area contributed by atoms with E-state index in [1.165, 1.54) is 16.7 Å².